The molecule has 6 nitrogen and oxygen atoms in total. The van der Waals surface area contributed by atoms with E-state index in [1.54, 1.807) is 36.4 Å². The number of carbonyl (C=O) groups excluding carboxylic acids is 2. The number of aromatic nitrogens is 2. The minimum absolute atomic E-state index is 0.255. The molecule has 1 heterocycles. The van der Waals surface area contributed by atoms with Crippen molar-refractivity contribution in [3.63, 3.8) is 0 Å². The Morgan fingerprint density at radius 3 is 2.34 bits per heavy atom. The molecule has 4 rings (SSSR count). The Morgan fingerprint density at radius 1 is 0.868 bits per heavy atom. The number of nitrogens with zero attached hydrogens (tertiary/aromatic N) is 2. The van der Waals surface area contributed by atoms with Crippen LogP contribution in [0.5, 0.6) is 0 Å². The first-order valence-corrected chi connectivity index (χ1v) is 12.4. The number of ether oxygens (including phenoxy) is 1. The molecule has 0 saturated carbocycles. The van der Waals surface area contributed by atoms with Crippen LogP contribution in [-0.4, -0.2) is 27.4 Å². The number of carbonyl (C=O) groups is 2. The highest BCUT2D eigenvalue weighted by atomic mass is 19.1. The Bertz CT molecular complexity index is 1460. The summed E-state index contributed by atoms with van der Waals surface area (Å²) >= 11 is 0. The number of hydrogen-bond donors (Lipinski definition) is 1. The lowest BCUT2D eigenvalue weighted by Crippen LogP contribution is -2.23. The molecule has 0 aliphatic rings. The molecule has 1 aromatic heterocycles. The molecular formula is C30H29F2N3O3. The van der Waals surface area contributed by atoms with Gasteiger partial charge in [0, 0.05) is 23.2 Å². The summed E-state index contributed by atoms with van der Waals surface area (Å²) in [5, 5.41) is 2.68. The van der Waals surface area contributed by atoms with Crippen molar-refractivity contribution in [2.75, 3.05) is 5.32 Å². The number of aryl methyl sites for hydroxylation is 1. The molecule has 4 aromatic rings. The second-order valence-electron chi connectivity index (χ2n) is 9.99. The van der Waals surface area contributed by atoms with Gasteiger partial charge in [-0.05, 0) is 101 Å². The van der Waals surface area contributed by atoms with Crippen molar-refractivity contribution in [3.05, 3.63) is 89.6 Å². The highest BCUT2D eigenvalue weighted by molar-refractivity contribution is 6.06. The zero-order valence-corrected chi connectivity index (χ0v) is 21.6. The van der Waals surface area contributed by atoms with Crippen molar-refractivity contribution in [1.29, 1.82) is 0 Å². The number of hydrogen-bond acceptors (Lipinski definition) is 5. The van der Waals surface area contributed by atoms with E-state index in [0.717, 1.165) is 5.56 Å². The predicted octanol–water partition coefficient (Wildman–Crippen LogP) is 6.88. The number of unbranched alkanes of at least 4 members (excludes halogenated alkanes) is 1. The fourth-order valence-electron chi connectivity index (χ4n) is 3.97. The van der Waals surface area contributed by atoms with E-state index < -0.39 is 17.3 Å². The van der Waals surface area contributed by atoms with Crippen LogP contribution in [-0.2, 0) is 16.0 Å². The fraction of sp³-hybridized carbons (Fsp3) is 0.267. The number of halogens is 2. The van der Waals surface area contributed by atoms with Crippen LogP contribution in [0.3, 0.4) is 0 Å². The molecule has 0 atom stereocenters. The fourth-order valence-corrected chi connectivity index (χ4v) is 3.97. The molecular weight excluding hydrogens is 488 g/mol. The molecule has 0 spiro atoms. The van der Waals surface area contributed by atoms with Gasteiger partial charge in [0.2, 0.25) is 0 Å². The molecule has 0 bridgehead atoms. The van der Waals surface area contributed by atoms with Gasteiger partial charge in [-0.15, -0.1) is 0 Å². The zero-order valence-electron chi connectivity index (χ0n) is 21.6. The Balaban J connectivity index is 1.58. The number of anilines is 1. The maximum Gasteiger partial charge on any atom is 0.306 e. The first-order chi connectivity index (χ1) is 18.1. The largest absolute Gasteiger partial charge is 0.460 e. The van der Waals surface area contributed by atoms with E-state index in [-0.39, 0.29) is 18.2 Å². The monoisotopic (exact) mass is 517 g/mol. The van der Waals surface area contributed by atoms with E-state index in [2.05, 4.69) is 5.32 Å². The van der Waals surface area contributed by atoms with Crippen LogP contribution >= 0.6 is 0 Å². The summed E-state index contributed by atoms with van der Waals surface area (Å²) in [7, 11) is 0. The normalized spacial score (nSPS) is 11.4. The van der Waals surface area contributed by atoms with Crippen molar-refractivity contribution in [2.24, 2.45) is 0 Å². The maximum absolute atomic E-state index is 13.6. The van der Waals surface area contributed by atoms with Gasteiger partial charge in [0.15, 0.2) is 0 Å². The SMILES string of the molecule is CC(C)(C)OC(=O)CCCCc1nc2cc(C(=O)Nc3cccc(F)c3)ccc2nc1-c1ccc(F)cc1. The summed E-state index contributed by atoms with van der Waals surface area (Å²) in [5.41, 5.74) is 3.27. The molecule has 196 valence electrons. The second kappa shape index (κ2) is 11.5. The maximum atomic E-state index is 13.6. The van der Waals surface area contributed by atoms with Gasteiger partial charge in [0.1, 0.15) is 17.2 Å². The van der Waals surface area contributed by atoms with E-state index in [1.165, 1.54) is 30.3 Å². The number of nitrogens with one attached hydrogen (secondary N) is 1. The third-order valence-electron chi connectivity index (χ3n) is 5.66. The summed E-state index contributed by atoms with van der Waals surface area (Å²) < 4.78 is 32.4. The minimum Gasteiger partial charge on any atom is -0.460 e. The summed E-state index contributed by atoms with van der Waals surface area (Å²) in [6, 6.07) is 16.7. The smallest absolute Gasteiger partial charge is 0.306 e. The van der Waals surface area contributed by atoms with Gasteiger partial charge >= 0.3 is 5.97 Å². The number of rotatable bonds is 8. The molecule has 0 saturated heterocycles. The van der Waals surface area contributed by atoms with Crippen LogP contribution in [0.1, 0.15) is 56.1 Å². The molecule has 1 N–H and O–H groups in total. The Labute approximate surface area is 220 Å². The molecule has 38 heavy (non-hydrogen) atoms. The third-order valence-corrected chi connectivity index (χ3v) is 5.66. The van der Waals surface area contributed by atoms with E-state index in [9.17, 15) is 18.4 Å². The van der Waals surface area contributed by atoms with Gasteiger partial charge in [-0.1, -0.05) is 6.07 Å². The third kappa shape index (κ3) is 7.18. The van der Waals surface area contributed by atoms with Crippen LogP contribution in [0.25, 0.3) is 22.3 Å². The van der Waals surface area contributed by atoms with Crippen LogP contribution in [0.2, 0.25) is 0 Å². The standard InChI is InChI=1S/C30H29F2N3O3/c1-30(2,3)38-27(36)10-5-4-9-25-28(19-11-14-21(31)15-12-19)35-24-16-13-20(17-26(24)34-25)29(37)33-23-8-6-7-22(32)18-23/h6-8,11-18H,4-5,9-10H2,1-3H3,(H,33,37). The van der Waals surface area contributed by atoms with Crippen molar-refractivity contribution in [2.45, 2.75) is 52.1 Å². The van der Waals surface area contributed by atoms with Crippen LogP contribution in [0.4, 0.5) is 14.5 Å². The topological polar surface area (TPSA) is 81.2 Å². The van der Waals surface area contributed by atoms with Crippen LogP contribution < -0.4 is 5.32 Å². The number of amides is 1. The first kappa shape index (κ1) is 26.9. The molecule has 3 aromatic carbocycles. The highest BCUT2D eigenvalue weighted by Crippen LogP contribution is 2.26. The average Bonchev–Trinajstić information content (AvgIpc) is 2.85. The molecule has 0 aliphatic carbocycles. The van der Waals surface area contributed by atoms with Gasteiger partial charge < -0.3 is 10.1 Å². The zero-order chi connectivity index (χ0) is 27.3. The second-order valence-corrected chi connectivity index (χ2v) is 9.99. The summed E-state index contributed by atoms with van der Waals surface area (Å²) in [6.07, 6.45) is 2.08. The van der Waals surface area contributed by atoms with E-state index in [4.69, 9.17) is 14.7 Å². The van der Waals surface area contributed by atoms with Crippen molar-refractivity contribution >= 4 is 28.6 Å². The molecule has 0 unspecified atom stereocenters. The van der Waals surface area contributed by atoms with Crippen molar-refractivity contribution < 1.29 is 23.1 Å². The first-order valence-electron chi connectivity index (χ1n) is 12.4. The quantitative estimate of drug-likeness (QED) is 0.204. The average molecular weight is 518 g/mol. The summed E-state index contributed by atoms with van der Waals surface area (Å²) in [5.74, 6) is -1.46. The lowest BCUT2D eigenvalue weighted by Gasteiger charge is -2.19. The van der Waals surface area contributed by atoms with Gasteiger partial charge in [-0.25, -0.2) is 18.7 Å². The number of fused-ring (bicyclic) bond motifs is 1. The summed E-state index contributed by atoms with van der Waals surface area (Å²) in [6.45, 7) is 5.49. The Hall–Kier alpha value is -4.20. The van der Waals surface area contributed by atoms with Gasteiger partial charge in [-0.3, -0.25) is 9.59 Å². The highest BCUT2D eigenvalue weighted by Gasteiger charge is 2.17. The predicted molar refractivity (Wildman–Crippen MR) is 143 cm³/mol. The lowest BCUT2D eigenvalue weighted by molar-refractivity contribution is -0.154. The van der Waals surface area contributed by atoms with Crippen molar-refractivity contribution in [3.8, 4) is 11.3 Å². The van der Waals surface area contributed by atoms with Gasteiger partial charge in [0.25, 0.3) is 5.91 Å². The van der Waals surface area contributed by atoms with E-state index in [0.29, 0.717) is 52.9 Å². The van der Waals surface area contributed by atoms with E-state index >= 15 is 0 Å². The lowest BCUT2D eigenvalue weighted by atomic mass is 10.0. The molecule has 0 radical (unpaired) electrons. The van der Waals surface area contributed by atoms with Gasteiger partial charge in [0.05, 0.1) is 22.4 Å². The van der Waals surface area contributed by atoms with Crippen LogP contribution in [0, 0.1) is 11.6 Å². The van der Waals surface area contributed by atoms with Crippen molar-refractivity contribution in [1.82, 2.24) is 9.97 Å². The molecule has 8 heteroatoms. The van der Waals surface area contributed by atoms with Crippen LogP contribution in [0.15, 0.2) is 66.7 Å². The summed E-state index contributed by atoms with van der Waals surface area (Å²) in [4.78, 5) is 34.4. The minimum atomic E-state index is -0.532. The Morgan fingerprint density at radius 2 is 1.63 bits per heavy atom. The molecule has 0 fully saturated rings. The van der Waals surface area contributed by atoms with E-state index in [1.807, 2.05) is 20.8 Å². The molecule has 0 aliphatic heterocycles. The molecule has 1 amide bonds. The Kier molecular flexibility index (Phi) is 8.10. The number of esters is 1. The van der Waals surface area contributed by atoms with Gasteiger partial charge in [-0.2, -0.15) is 0 Å². The number of benzene rings is 3.